The third-order valence-corrected chi connectivity index (χ3v) is 6.90. The molecule has 2 aromatic carbocycles. The molecule has 0 bridgehead atoms. The number of benzene rings is 2. The van der Waals surface area contributed by atoms with Gasteiger partial charge in [0.05, 0.1) is 20.0 Å². The molecule has 0 aliphatic rings. The number of hydrogen-bond donors (Lipinski definition) is 3. The average Bonchev–Trinajstić information content (AvgIpc) is 2.64. The Morgan fingerprint density at radius 2 is 1.81 bits per heavy atom. The van der Waals surface area contributed by atoms with Gasteiger partial charge >= 0.3 is 0 Å². The van der Waals surface area contributed by atoms with Crippen molar-refractivity contribution in [2.24, 2.45) is 5.16 Å². The lowest BCUT2D eigenvalue weighted by Gasteiger charge is -2.08. The van der Waals surface area contributed by atoms with Gasteiger partial charge in [0.2, 0.25) is 0 Å². The van der Waals surface area contributed by atoms with Crippen molar-refractivity contribution in [1.29, 1.82) is 0 Å². The van der Waals surface area contributed by atoms with Crippen LogP contribution in [-0.4, -0.2) is 34.2 Å². The third-order valence-electron chi connectivity index (χ3n) is 3.30. The van der Waals surface area contributed by atoms with Crippen LogP contribution in [0.2, 0.25) is 15.1 Å². The van der Waals surface area contributed by atoms with E-state index < -0.39 is 5.91 Å². The first kappa shape index (κ1) is 22.0. The molecule has 0 spiro atoms. The number of carbonyl (C=O) groups excluding carboxylic acids is 1. The zero-order chi connectivity index (χ0) is 19.8. The van der Waals surface area contributed by atoms with Crippen LogP contribution in [0.5, 0.6) is 5.75 Å². The first-order valence-electron chi connectivity index (χ1n) is 7.62. The number of hydrogen-bond acceptors (Lipinski definition) is 6. The Morgan fingerprint density at radius 1 is 1.11 bits per heavy atom. The van der Waals surface area contributed by atoms with Crippen LogP contribution in [0.25, 0.3) is 0 Å². The van der Waals surface area contributed by atoms with Crippen molar-refractivity contribution in [3.05, 3.63) is 57.0 Å². The highest BCUT2D eigenvalue weighted by molar-refractivity contribution is 8.76. The number of rotatable bonds is 8. The van der Waals surface area contributed by atoms with E-state index in [1.165, 1.54) is 33.7 Å². The van der Waals surface area contributed by atoms with Crippen LogP contribution < -0.4 is 5.32 Å². The van der Waals surface area contributed by atoms with E-state index in [-0.39, 0.29) is 22.9 Å². The quantitative estimate of drug-likeness (QED) is 0.162. The number of nitrogens with one attached hydrogen (secondary N) is 1. The summed E-state index contributed by atoms with van der Waals surface area (Å²) in [6.45, 7) is 0.369. The van der Waals surface area contributed by atoms with Gasteiger partial charge in [0.25, 0.3) is 5.91 Å². The third kappa shape index (κ3) is 6.69. The van der Waals surface area contributed by atoms with Gasteiger partial charge in [-0.15, -0.1) is 0 Å². The summed E-state index contributed by atoms with van der Waals surface area (Å²) < 4.78 is 0. The molecule has 27 heavy (non-hydrogen) atoms. The largest absolute Gasteiger partial charge is 0.506 e. The highest BCUT2D eigenvalue weighted by Crippen LogP contribution is 2.40. The maximum atomic E-state index is 12.1. The number of phenols is 1. The molecule has 5 nitrogen and oxygen atoms in total. The molecule has 0 fully saturated rings. The molecule has 0 atom stereocenters. The fourth-order valence-corrected chi connectivity index (χ4v) is 5.17. The molecule has 2 rings (SSSR count). The predicted molar refractivity (Wildman–Crippen MR) is 114 cm³/mol. The summed E-state index contributed by atoms with van der Waals surface area (Å²) in [5.74, 6) is 0.0606. The number of phenolic OH excluding ortho intramolecular Hbond substituents is 1. The smallest absolute Gasteiger partial charge is 0.269 e. The van der Waals surface area contributed by atoms with Gasteiger partial charge in [0.1, 0.15) is 11.5 Å². The first-order valence-corrected chi connectivity index (χ1v) is 11.1. The van der Waals surface area contributed by atoms with Crippen LogP contribution >= 0.6 is 56.4 Å². The summed E-state index contributed by atoms with van der Waals surface area (Å²) in [4.78, 5) is 12.9. The molecule has 0 saturated carbocycles. The molecule has 2 aromatic rings. The number of aromatic hydroxyl groups is 1. The fourth-order valence-electron chi connectivity index (χ4n) is 1.99. The van der Waals surface area contributed by atoms with E-state index in [1.807, 2.05) is 0 Å². The normalized spacial score (nSPS) is 11.4. The van der Waals surface area contributed by atoms with Gasteiger partial charge in [-0.05, 0) is 29.8 Å². The van der Waals surface area contributed by atoms with Crippen molar-refractivity contribution in [2.45, 2.75) is 11.3 Å². The minimum Gasteiger partial charge on any atom is -0.506 e. The van der Waals surface area contributed by atoms with Gasteiger partial charge in [-0.2, -0.15) is 0 Å². The Hall–Kier alpha value is -1.25. The summed E-state index contributed by atoms with van der Waals surface area (Å²) in [7, 11) is 2.92. The summed E-state index contributed by atoms with van der Waals surface area (Å²) >= 11 is 18.0. The molecule has 1 amide bonds. The van der Waals surface area contributed by atoms with Crippen LogP contribution in [0, 0.1) is 0 Å². The molecule has 0 unspecified atom stereocenters. The Kier molecular flexibility index (Phi) is 8.92. The van der Waals surface area contributed by atoms with Gasteiger partial charge in [0.15, 0.2) is 0 Å². The first-order chi connectivity index (χ1) is 12.9. The molecule has 10 heteroatoms. The standard InChI is InChI=1S/C17H15Cl3N2O3S2/c18-11-2-1-3-12(19)16(11)27-26-7-6-21-17(24)14(22-25)9-10-4-5-15(23)13(20)8-10/h1-5,8,23,25H,6-7,9H2,(H,21,24)/b22-14+. The number of nitrogens with zero attached hydrogens (tertiary/aromatic N) is 1. The summed E-state index contributed by atoms with van der Waals surface area (Å²) in [6.07, 6.45) is 0.0828. The lowest BCUT2D eigenvalue weighted by Crippen LogP contribution is -2.33. The number of oxime groups is 1. The van der Waals surface area contributed by atoms with E-state index in [0.29, 0.717) is 27.9 Å². The summed E-state index contributed by atoms with van der Waals surface area (Å²) in [6, 6.07) is 9.82. The zero-order valence-electron chi connectivity index (χ0n) is 13.8. The van der Waals surface area contributed by atoms with Crippen LogP contribution in [-0.2, 0) is 11.2 Å². The molecule has 0 radical (unpaired) electrons. The second kappa shape index (κ2) is 10.9. The molecule has 3 N–H and O–H groups in total. The lowest BCUT2D eigenvalue weighted by molar-refractivity contribution is -0.114. The van der Waals surface area contributed by atoms with Crippen molar-refractivity contribution in [2.75, 3.05) is 12.3 Å². The Bertz CT molecular complexity index is 830. The van der Waals surface area contributed by atoms with E-state index in [1.54, 1.807) is 24.3 Å². The minimum atomic E-state index is -0.483. The van der Waals surface area contributed by atoms with Gasteiger partial charge < -0.3 is 15.6 Å². The molecular weight excluding hydrogens is 451 g/mol. The number of carbonyl (C=O) groups is 1. The molecular formula is C17H15Cl3N2O3S2. The van der Waals surface area contributed by atoms with Crippen molar-refractivity contribution in [1.82, 2.24) is 5.32 Å². The molecule has 144 valence electrons. The Balaban J connectivity index is 1.79. The Morgan fingerprint density at radius 3 is 2.44 bits per heavy atom. The SMILES string of the molecule is O=C(NCCSSc1c(Cl)cccc1Cl)/C(Cc1ccc(O)c(Cl)c1)=N/O. The lowest BCUT2D eigenvalue weighted by atomic mass is 10.1. The van der Waals surface area contributed by atoms with Crippen molar-refractivity contribution < 1.29 is 15.1 Å². The topological polar surface area (TPSA) is 81.9 Å². The summed E-state index contributed by atoms with van der Waals surface area (Å²) in [5, 5.41) is 25.6. The van der Waals surface area contributed by atoms with Gasteiger partial charge in [-0.25, -0.2) is 0 Å². The molecule has 0 aliphatic heterocycles. The van der Waals surface area contributed by atoms with E-state index in [4.69, 9.17) is 40.0 Å². The maximum absolute atomic E-state index is 12.1. The number of amides is 1. The average molecular weight is 466 g/mol. The Labute approximate surface area is 179 Å². The minimum absolute atomic E-state index is 0.0523. The van der Waals surface area contributed by atoms with Crippen molar-refractivity contribution in [3.8, 4) is 5.75 Å². The van der Waals surface area contributed by atoms with Gasteiger partial charge in [0, 0.05) is 18.7 Å². The second-order valence-electron chi connectivity index (χ2n) is 5.22. The van der Waals surface area contributed by atoms with E-state index in [0.717, 1.165) is 4.90 Å². The molecule has 0 aliphatic carbocycles. The zero-order valence-corrected chi connectivity index (χ0v) is 17.7. The monoisotopic (exact) mass is 464 g/mol. The number of halogens is 3. The maximum Gasteiger partial charge on any atom is 0.269 e. The van der Waals surface area contributed by atoms with Crippen LogP contribution in [0.3, 0.4) is 0 Å². The summed E-state index contributed by atoms with van der Waals surface area (Å²) in [5.41, 5.74) is 0.586. The fraction of sp³-hybridized carbons (Fsp3) is 0.176. The van der Waals surface area contributed by atoms with E-state index >= 15 is 0 Å². The van der Waals surface area contributed by atoms with Crippen LogP contribution in [0.15, 0.2) is 46.4 Å². The molecule has 0 saturated heterocycles. The van der Waals surface area contributed by atoms with Crippen LogP contribution in [0.4, 0.5) is 0 Å². The van der Waals surface area contributed by atoms with E-state index in [9.17, 15) is 9.90 Å². The van der Waals surface area contributed by atoms with Crippen molar-refractivity contribution >= 4 is 68.0 Å². The highest BCUT2D eigenvalue weighted by Gasteiger charge is 2.14. The van der Waals surface area contributed by atoms with Crippen molar-refractivity contribution in [3.63, 3.8) is 0 Å². The molecule has 0 heterocycles. The van der Waals surface area contributed by atoms with Gasteiger partial charge in [-0.1, -0.05) is 73.7 Å². The highest BCUT2D eigenvalue weighted by atomic mass is 35.5. The second-order valence-corrected chi connectivity index (χ2v) is 8.87. The van der Waals surface area contributed by atoms with E-state index in [2.05, 4.69) is 10.5 Å². The van der Waals surface area contributed by atoms with Gasteiger partial charge in [-0.3, -0.25) is 4.79 Å². The van der Waals surface area contributed by atoms with Crippen LogP contribution in [0.1, 0.15) is 5.56 Å². The molecule has 0 aromatic heterocycles. The predicted octanol–water partition coefficient (Wildman–Crippen LogP) is 5.28.